The number of allylic oxidation sites excluding steroid dienone is 16. The Balaban J connectivity index is 4.34. The molecule has 0 rings (SSSR count). The van der Waals surface area contributed by atoms with Gasteiger partial charge in [-0.15, -0.1) is 0 Å². The van der Waals surface area contributed by atoms with Crippen molar-refractivity contribution in [1.82, 2.24) is 0 Å². The minimum Gasteiger partial charge on any atom is -0.462 e. The zero-order valence-electron chi connectivity index (χ0n) is 52.8. The van der Waals surface area contributed by atoms with Crippen LogP contribution in [-0.4, -0.2) is 37.2 Å². The maximum absolute atomic E-state index is 12.9. The molecule has 0 spiro atoms. The molecule has 0 saturated carbocycles. The Kier molecular flexibility index (Phi) is 64.7. The zero-order valence-corrected chi connectivity index (χ0v) is 52.8. The van der Waals surface area contributed by atoms with Crippen molar-refractivity contribution in [2.45, 2.75) is 341 Å². The molecule has 0 aromatic carbocycles. The van der Waals surface area contributed by atoms with E-state index in [1.165, 1.54) is 193 Å². The van der Waals surface area contributed by atoms with Gasteiger partial charge in [0.1, 0.15) is 13.2 Å². The van der Waals surface area contributed by atoms with Gasteiger partial charge in [0, 0.05) is 19.3 Å². The largest absolute Gasteiger partial charge is 0.462 e. The molecule has 1 unspecified atom stereocenters. The van der Waals surface area contributed by atoms with Gasteiger partial charge in [-0.1, -0.05) is 291 Å². The highest BCUT2D eigenvalue weighted by molar-refractivity contribution is 5.71. The molecule has 0 aliphatic carbocycles. The first-order chi connectivity index (χ1) is 39.5. The summed E-state index contributed by atoms with van der Waals surface area (Å²) in [5.41, 5.74) is 0. The molecule has 6 heteroatoms. The Morgan fingerprint density at radius 2 is 0.487 bits per heavy atom. The van der Waals surface area contributed by atoms with Gasteiger partial charge in [-0.3, -0.25) is 14.4 Å². The number of hydrogen-bond acceptors (Lipinski definition) is 6. The number of carbonyl (C=O) groups is 3. The number of carbonyl (C=O) groups excluding carboxylic acids is 3. The average molecular weight is 1110 g/mol. The second-order valence-electron chi connectivity index (χ2n) is 22.7. The van der Waals surface area contributed by atoms with E-state index in [4.69, 9.17) is 14.2 Å². The minimum atomic E-state index is -0.786. The van der Waals surface area contributed by atoms with Crippen LogP contribution in [0.4, 0.5) is 0 Å². The molecule has 0 amide bonds. The number of ether oxygens (including phenoxy) is 3. The normalized spacial score (nSPS) is 12.7. The molecular weight excluding hydrogens is 985 g/mol. The van der Waals surface area contributed by atoms with Gasteiger partial charge in [0.2, 0.25) is 0 Å². The van der Waals surface area contributed by atoms with E-state index < -0.39 is 6.10 Å². The Labute approximate surface area is 496 Å². The van der Waals surface area contributed by atoms with E-state index in [1.807, 2.05) is 0 Å². The highest BCUT2D eigenvalue weighted by atomic mass is 16.6. The smallest absolute Gasteiger partial charge is 0.306 e. The van der Waals surface area contributed by atoms with Crippen LogP contribution in [0.3, 0.4) is 0 Å². The summed E-state index contributed by atoms with van der Waals surface area (Å²) in [5.74, 6) is -0.883. The second kappa shape index (κ2) is 67.8. The van der Waals surface area contributed by atoms with E-state index in [0.717, 1.165) is 103 Å². The number of rotatable bonds is 62. The molecular formula is C74H128O6. The van der Waals surface area contributed by atoms with E-state index in [-0.39, 0.29) is 31.1 Å². The van der Waals surface area contributed by atoms with Gasteiger partial charge in [0.25, 0.3) is 0 Å². The van der Waals surface area contributed by atoms with Crippen molar-refractivity contribution in [1.29, 1.82) is 0 Å². The lowest BCUT2D eigenvalue weighted by molar-refractivity contribution is -0.167. The fourth-order valence-electron chi connectivity index (χ4n) is 9.67. The van der Waals surface area contributed by atoms with Crippen molar-refractivity contribution in [2.75, 3.05) is 13.2 Å². The quantitative estimate of drug-likeness (QED) is 0.0261. The molecule has 80 heavy (non-hydrogen) atoms. The monoisotopic (exact) mass is 1110 g/mol. The van der Waals surface area contributed by atoms with Crippen LogP contribution in [0.2, 0.25) is 0 Å². The van der Waals surface area contributed by atoms with Crippen molar-refractivity contribution in [2.24, 2.45) is 0 Å². The lowest BCUT2D eigenvalue weighted by Crippen LogP contribution is -2.30. The standard InChI is InChI=1S/C74H128O6/c1-4-7-10-13-16-19-22-25-28-31-33-34-35-36-37-38-39-40-42-43-46-49-52-55-58-61-64-67-73(76)79-70-71(69-78-72(75)66-63-60-57-54-51-48-45-30-27-24-21-18-15-12-9-6-3)80-74(77)68-65-62-59-56-53-50-47-44-41-32-29-26-23-20-17-14-11-8-5-2/h7,10,16-17,19-20,25-26,28-30,33-34,36-37,45,71H,4-6,8-9,11-15,18,21-24,27,31-32,35,38-44,46-70H2,1-3H3/b10-7-,19-16-,20-17-,28-25-,29-26-,34-33-,37-36-,45-30-. The van der Waals surface area contributed by atoms with Gasteiger partial charge in [0.15, 0.2) is 6.10 Å². The third-order valence-corrected chi connectivity index (χ3v) is 14.8. The van der Waals surface area contributed by atoms with Gasteiger partial charge in [-0.25, -0.2) is 0 Å². The third-order valence-electron chi connectivity index (χ3n) is 14.8. The molecule has 0 radical (unpaired) electrons. The van der Waals surface area contributed by atoms with Gasteiger partial charge < -0.3 is 14.2 Å². The first-order valence-corrected chi connectivity index (χ1v) is 34.2. The molecule has 0 saturated heterocycles. The second-order valence-corrected chi connectivity index (χ2v) is 22.7. The van der Waals surface area contributed by atoms with E-state index in [1.54, 1.807) is 0 Å². The summed E-state index contributed by atoms with van der Waals surface area (Å²) < 4.78 is 17.0. The predicted molar refractivity (Wildman–Crippen MR) is 348 cm³/mol. The summed E-state index contributed by atoms with van der Waals surface area (Å²) in [7, 11) is 0. The van der Waals surface area contributed by atoms with Crippen LogP contribution < -0.4 is 0 Å². The van der Waals surface area contributed by atoms with Crippen LogP contribution in [-0.2, 0) is 28.6 Å². The number of unbranched alkanes of at least 4 members (excludes halogenated alkanes) is 35. The fraction of sp³-hybridized carbons (Fsp3) is 0.743. The van der Waals surface area contributed by atoms with Crippen molar-refractivity contribution in [3.05, 3.63) is 97.2 Å². The number of esters is 3. The average Bonchev–Trinajstić information content (AvgIpc) is 3.46. The molecule has 0 fully saturated rings. The summed E-state index contributed by atoms with van der Waals surface area (Å²) in [4.78, 5) is 38.4. The third kappa shape index (κ3) is 65.1. The molecule has 460 valence electrons. The van der Waals surface area contributed by atoms with Crippen molar-refractivity contribution in [3.8, 4) is 0 Å². The summed E-state index contributed by atoms with van der Waals surface area (Å²) in [6.07, 6.45) is 91.3. The predicted octanol–water partition coefficient (Wildman–Crippen LogP) is 23.6. The van der Waals surface area contributed by atoms with Crippen LogP contribution in [0.25, 0.3) is 0 Å². The van der Waals surface area contributed by atoms with Crippen LogP contribution in [0, 0.1) is 0 Å². The van der Waals surface area contributed by atoms with Crippen LogP contribution in [0.5, 0.6) is 0 Å². The Morgan fingerprint density at radius 3 is 0.800 bits per heavy atom. The van der Waals surface area contributed by atoms with Crippen molar-refractivity contribution in [3.63, 3.8) is 0 Å². The maximum atomic E-state index is 12.9. The number of hydrogen-bond donors (Lipinski definition) is 0. The van der Waals surface area contributed by atoms with Crippen LogP contribution >= 0.6 is 0 Å². The highest BCUT2D eigenvalue weighted by Gasteiger charge is 2.19. The topological polar surface area (TPSA) is 78.9 Å². The highest BCUT2D eigenvalue weighted by Crippen LogP contribution is 2.17. The molecule has 0 aliphatic rings. The van der Waals surface area contributed by atoms with Crippen molar-refractivity contribution < 1.29 is 28.6 Å². The molecule has 6 nitrogen and oxygen atoms in total. The SMILES string of the molecule is CC/C=C\C/C=C\C/C=C\C/C=C\C/C=C\CCCCCCCCCCCCCC(=O)OCC(COC(=O)CCCCCCC/C=C\CCCCCCCCC)OC(=O)CCCCCCCCCCC/C=C\C/C=C\CCCCC. The minimum absolute atomic E-state index is 0.0818. The molecule has 0 aromatic rings. The fourth-order valence-corrected chi connectivity index (χ4v) is 9.67. The maximum Gasteiger partial charge on any atom is 0.306 e. The van der Waals surface area contributed by atoms with Gasteiger partial charge in [-0.05, 0) is 122 Å². The van der Waals surface area contributed by atoms with Crippen molar-refractivity contribution >= 4 is 17.9 Å². The molecule has 0 bridgehead atoms. The summed E-state index contributed by atoms with van der Waals surface area (Å²) in [6.45, 7) is 6.52. The summed E-state index contributed by atoms with van der Waals surface area (Å²) >= 11 is 0. The Bertz CT molecular complexity index is 1560. The van der Waals surface area contributed by atoms with Crippen LogP contribution in [0.15, 0.2) is 97.2 Å². The van der Waals surface area contributed by atoms with Gasteiger partial charge in [0.05, 0.1) is 0 Å². The molecule has 0 aromatic heterocycles. The van der Waals surface area contributed by atoms with E-state index in [2.05, 4.69) is 118 Å². The summed E-state index contributed by atoms with van der Waals surface area (Å²) in [5, 5.41) is 0. The van der Waals surface area contributed by atoms with Gasteiger partial charge >= 0.3 is 17.9 Å². The lowest BCUT2D eigenvalue weighted by Gasteiger charge is -2.18. The Morgan fingerprint density at radius 1 is 0.263 bits per heavy atom. The zero-order chi connectivity index (χ0) is 57.8. The lowest BCUT2D eigenvalue weighted by atomic mass is 10.0. The summed E-state index contributed by atoms with van der Waals surface area (Å²) in [6, 6.07) is 0. The Hall–Kier alpha value is -3.67. The molecule has 0 heterocycles. The first-order valence-electron chi connectivity index (χ1n) is 34.2. The first kappa shape index (κ1) is 76.3. The molecule has 1 atom stereocenters. The van der Waals surface area contributed by atoms with E-state index in [0.29, 0.717) is 19.3 Å². The molecule has 0 N–H and O–H groups in total. The van der Waals surface area contributed by atoms with E-state index >= 15 is 0 Å². The van der Waals surface area contributed by atoms with Crippen LogP contribution in [0.1, 0.15) is 335 Å². The van der Waals surface area contributed by atoms with E-state index in [9.17, 15) is 14.4 Å². The van der Waals surface area contributed by atoms with Gasteiger partial charge in [-0.2, -0.15) is 0 Å². The molecule has 0 aliphatic heterocycles.